The number of nitrogens with zero attached hydrogens (tertiary/aromatic N) is 3. The van der Waals surface area contributed by atoms with Crippen molar-refractivity contribution < 1.29 is 9.53 Å². The highest BCUT2D eigenvalue weighted by atomic mass is 32.1. The number of carbonyl (C=O) groups is 1. The van der Waals surface area contributed by atoms with E-state index in [9.17, 15) is 4.79 Å². The Kier molecular flexibility index (Phi) is 6.03. The normalized spacial score (nSPS) is 12.1. The number of methoxy groups -OCH3 is 1. The van der Waals surface area contributed by atoms with E-state index in [1.54, 1.807) is 18.6 Å². The molecular formula is C12H17N5O2S2. The predicted molar refractivity (Wildman–Crippen MR) is 83.0 cm³/mol. The average Bonchev–Trinajstić information content (AvgIpc) is 3.14. The van der Waals surface area contributed by atoms with E-state index in [1.807, 2.05) is 6.92 Å². The van der Waals surface area contributed by atoms with Crippen LogP contribution in [-0.4, -0.2) is 45.9 Å². The van der Waals surface area contributed by atoms with Gasteiger partial charge in [-0.15, -0.1) is 0 Å². The van der Waals surface area contributed by atoms with Gasteiger partial charge in [0, 0.05) is 43.0 Å². The molecule has 0 aromatic carbocycles. The molecule has 0 saturated carbocycles. The van der Waals surface area contributed by atoms with Crippen LogP contribution in [0.15, 0.2) is 11.4 Å². The van der Waals surface area contributed by atoms with Gasteiger partial charge in [-0.25, -0.2) is 4.98 Å². The summed E-state index contributed by atoms with van der Waals surface area (Å²) < 4.78 is 13.2. The van der Waals surface area contributed by atoms with E-state index >= 15 is 0 Å². The molecule has 114 valence electrons. The van der Waals surface area contributed by atoms with Gasteiger partial charge in [0.1, 0.15) is 11.5 Å². The van der Waals surface area contributed by atoms with Crippen molar-refractivity contribution in [1.29, 1.82) is 0 Å². The molecule has 9 heteroatoms. The van der Waals surface area contributed by atoms with Crippen LogP contribution in [0.1, 0.15) is 23.2 Å². The van der Waals surface area contributed by atoms with Crippen molar-refractivity contribution in [3.05, 3.63) is 23.0 Å². The van der Waals surface area contributed by atoms with Gasteiger partial charge in [-0.05, 0) is 24.5 Å². The largest absolute Gasteiger partial charge is 0.384 e. The van der Waals surface area contributed by atoms with Crippen LogP contribution in [0.25, 0.3) is 0 Å². The molecular weight excluding hydrogens is 310 g/mol. The second-order valence-corrected chi connectivity index (χ2v) is 5.82. The van der Waals surface area contributed by atoms with Crippen molar-refractivity contribution >= 4 is 34.1 Å². The first-order chi connectivity index (χ1) is 10.2. The summed E-state index contributed by atoms with van der Waals surface area (Å²) in [4.78, 5) is 16.1. The summed E-state index contributed by atoms with van der Waals surface area (Å²) in [6, 6.07) is 1.75. The van der Waals surface area contributed by atoms with Crippen molar-refractivity contribution in [2.75, 3.05) is 25.6 Å². The third-order valence-corrected chi connectivity index (χ3v) is 3.85. The van der Waals surface area contributed by atoms with Gasteiger partial charge in [-0.2, -0.15) is 8.75 Å². The number of nitrogens with one attached hydrogen (secondary N) is 2. The van der Waals surface area contributed by atoms with Crippen LogP contribution in [-0.2, 0) is 11.2 Å². The highest BCUT2D eigenvalue weighted by molar-refractivity contribution is 7.09. The Morgan fingerprint density at radius 2 is 2.33 bits per heavy atom. The zero-order chi connectivity index (χ0) is 15.1. The molecule has 0 aliphatic heterocycles. The van der Waals surface area contributed by atoms with Gasteiger partial charge in [-0.3, -0.25) is 4.79 Å². The second kappa shape index (κ2) is 8.01. The molecule has 0 saturated heterocycles. The molecule has 2 rings (SSSR count). The van der Waals surface area contributed by atoms with E-state index in [4.69, 9.17) is 4.74 Å². The van der Waals surface area contributed by atoms with Gasteiger partial charge in [-0.1, -0.05) is 0 Å². The first-order valence-electron chi connectivity index (χ1n) is 6.45. The summed E-state index contributed by atoms with van der Waals surface area (Å²) in [7, 11) is 1.65. The van der Waals surface area contributed by atoms with Crippen LogP contribution >= 0.6 is 23.1 Å². The number of hydrogen-bond donors (Lipinski definition) is 2. The standard InChI is InChI=1S/C12H17N5O2S2/c1-8(7-13-11(18)9-4-6-20-16-9)14-12-15-10(17-21-12)3-5-19-2/h4,6,8H,3,5,7H2,1-2H3,(H,13,18)(H,14,15,17)/t8-/m0/s1. The average molecular weight is 327 g/mol. The minimum Gasteiger partial charge on any atom is -0.384 e. The summed E-state index contributed by atoms with van der Waals surface area (Å²) in [6.45, 7) is 3.07. The third-order valence-electron chi connectivity index (χ3n) is 2.61. The van der Waals surface area contributed by atoms with Crippen molar-refractivity contribution in [3.8, 4) is 0 Å². The first kappa shape index (κ1) is 15.8. The van der Waals surface area contributed by atoms with Crippen LogP contribution in [0, 0.1) is 0 Å². The molecule has 2 aromatic heterocycles. The fraction of sp³-hybridized carbons (Fsp3) is 0.500. The zero-order valence-corrected chi connectivity index (χ0v) is 13.5. The molecule has 1 amide bonds. The fourth-order valence-electron chi connectivity index (χ4n) is 1.54. The SMILES string of the molecule is COCCc1nsc(N[C@@H](C)CNC(=O)c2ccsn2)n1. The molecule has 0 bridgehead atoms. The van der Waals surface area contributed by atoms with Crippen LogP contribution < -0.4 is 10.6 Å². The number of amides is 1. The molecule has 0 aliphatic rings. The highest BCUT2D eigenvalue weighted by Gasteiger charge is 2.11. The quantitative estimate of drug-likeness (QED) is 0.762. The molecule has 0 unspecified atom stereocenters. The Labute approximate surface area is 131 Å². The lowest BCUT2D eigenvalue weighted by atomic mass is 10.3. The number of rotatable bonds is 8. The lowest BCUT2D eigenvalue weighted by molar-refractivity contribution is 0.0948. The van der Waals surface area contributed by atoms with E-state index in [0.717, 1.165) is 11.0 Å². The van der Waals surface area contributed by atoms with Gasteiger partial charge < -0.3 is 15.4 Å². The summed E-state index contributed by atoms with van der Waals surface area (Å²) in [5.74, 6) is 0.603. The van der Waals surface area contributed by atoms with Crippen LogP contribution in [0.4, 0.5) is 5.13 Å². The number of aromatic nitrogens is 3. The van der Waals surface area contributed by atoms with Crippen LogP contribution in [0.5, 0.6) is 0 Å². The molecule has 1 atom stereocenters. The fourth-order valence-corrected chi connectivity index (χ4v) is 2.77. The Morgan fingerprint density at radius 3 is 3.05 bits per heavy atom. The summed E-state index contributed by atoms with van der Waals surface area (Å²) in [5.41, 5.74) is 0.449. The number of anilines is 1. The highest BCUT2D eigenvalue weighted by Crippen LogP contribution is 2.12. The molecule has 21 heavy (non-hydrogen) atoms. The maximum Gasteiger partial charge on any atom is 0.271 e. The van der Waals surface area contributed by atoms with Gasteiger partial charge >= 0.3 is 0 Å². The van der Waals surface area contributed by atoms with Crippen molar-refractivity contribution in [3.63, 3.8) is 0 Å². The van der Waals surface area contributed by atoms with E-state index in [1.165, 1.54) is 23.1 Å². The molecule has 2 aromatic rings. The number of hydrogen-bond acceptors (Lipinski definition) is 8. The Hall–Kier alpha value is -1.58. The molecule has 0 aliphatic carbocycles. The number of carbonyl (C=O) groups excluding carboxylic acids is 1. The lowest BCUT2D eigenvalue weighted by Gasteiger charge is -2.12. The van der Waals surface area contributed by atoms with Crippen molar-refractivity contribution in [2.45, 2.75) is 19.4 Å². The van der Waals surface area contributed by atoms with Gasteiger partial charge in [0.15, 0.2) is 0 Å². The zero-order valence-electron chi connectivity index (χ0n) is 11.8. The second-order valence-electron chi connectivity index (χ2n) is 4.40. The van der Waals surface area contributed by atoms with Crippen molar-refractivity contribution in [2.24, 2.45) is 0 Å². The van der Waals surface area contributed by atoms with E-state index in [2.05, 4.69) is 24.4 Å². The molecule has 0 radical (unpaired) electrons. The minimum atomic E-state index is -0.164. The smallest absolute Gasteiger partial charge is 0.271 e. The molecule has 2 N–H and O–H groups in total. The Morgan fingerprint density at radius 1 is 1.48 bits per heavy atom. The molecule has 7 nitrogen and oxygen atoms in total. The Bertz CT molecular complexity index is 558. The van der Waals surface area contributed by atoms with Gasteiger partial charge in [0.05, 0.1) is 6.61 Å². The maximum atomic E-state index is 11.8. The first-order valence-corrected chi connectivity index (χ1v) is 8.06. The maximum absolute atomic E-state index is 11.8. The molecule has 2 heterocycles. The lowest BCUT2D eigenvalue weighted by Crippen LogP contribution is -2.34. The van der Waals surface area contributed by atoms with Crippen LogP contribution in [0.3, 0.4) is 0 Å². The summed E-state index contributed by atoms with van der Waals surface area (Å²) in [6.07, 6.45) is 0.698. The van der Waals surface area contributed by atoms with Crippen molar-refractivity contribution in [1.82, 2.24) is 19.0 Å². The molecule has 0 fully saturated rings. The van der Waals surface area contributed by atoms with E-state index in [-0.39, 0.29) is 11.9 Å². The van der Waals surface area contributed by atoms with E-state index < -0.39 is 0 Å². The molecule has 0 spiro atoms. The van der Waals surface area contributed by atoms with E-state index in [0.29, 0.717) is 25.3 Å². The third kappa shape index (κ3) is 5.03. The summed E-state index contributed by atoms with van der Waals surface area (Å²) in [5, 5.41) is 8.56. The monoisotopic (exact) mass is 327 g/mol. The summed E-state index contributed by atoms with van der Waals surface area (Å²) >= 11 is 2.57. The predicted octanol–water partition coefficient (Wildman–Crippen LogP) is 1.41. The Balaban J connectivity index is 1.75. The minimum absolute atomic E-state index is 0.0517. The number of ether oxygens (including phenoxy) is 1. The van der Waals surface area contributed by atoms with Gasteiger partial charge in [0.25, 0.3) is 5.91 Å². The van der Waals surface area contributed by atoms with Crippen LogP contribution in [0.2, 0.25) is 0 Å². The van der Waals surface area contributed by atoms with Gasteiger partial charge in [0.2, 0.25) is 5.13 Å². The topological polar surface area (TPSA) is 89.0 Å².